The molecule has 1 aliphatic rings. The van der Waals surface area contributed by atoms with Crippen molar-refractivity contribution in [1.82, 2.24) is 15.1 Å². The molecule has 0 saturated carbocycles. The van der Waals surface area contributed by atoms with Gasteiger partial charge in [-0.25, -0.2) is 4.79 Å². The molecule has 4 nitrogen and oxygen atoms in total. The number of piperidine rings is 1. The van der Waals surface area contributed by atoms with E-state index in [9.17, 15) is 4.79 Å². The Bertz CT molecular complexity index is 241. The van der Waals surface area contributed by atoms with Gasteiger partial charge in [-0.05, 0) is 32.7 Å². The molecule has 1 aliphatic heterocycles. The summed E-state index contributed by atoms with van der Waals surface area (Å²) in [5.74, 6) is 0.545. The fraction of sp³-hybridized carbons (Fsp3) is 0.923. The SMILES string of the molecule is CCNC1CCN(C(=O)N(CC)CC)CC1C. The van der Waals surface area contributed by atoms with E-state index in [1.165, 1.54) is 0 Å². The number of hydrogen-bond acceptors (Lipinski definition) is 2. The van der Waals surface area contributed by atoms with Crippen molar-refractivity contribution in [3.63, 3.8) is 0 Å². The number of rotatable bonds is 4. The first-order valence-electron chi connectivity index (χ1n) is 6.91. The first-order valence-corrected chi connectivity index (χ1v) is 6.91. The monoisotopic (exact) mass is 241 g/mol. The van der Waals surface area contributed by atoms with Gasteiger partial charge < -0.3 is 15.1 Å². The molecule has 2 atom stereocenters. The molecule has 0 bridgehead atoms. The number of urea groups is 1. The van der Waals surface area contributed by atoms with Crippen molar-refractivity contribution in [2.45, 2.75) is 40.2 Å². The van der Waals surface area contributed by atoms with Crippen LogP contribution in [-0.4, -0.2) is 54.6 Å². The normalized spacial score (nSPS) is 24.8. The van der Waals surface area contributed by atoms with Crippen molar-refractivity contribution in [2.24, 2.45) is 5.92 Å². The van der Waals surface area contributed by atoms with E-state index in [1.807, 2.05) is 23.6 Å². The fourth-order valence-corrected chi connectivity index (χ4v) is 2.58. The Labute approximate surface area is 105 Å². The van der Waals surface area contributed by atoms with E-state index in [1.54, 1.807) is 0 Å². The van der Waals surface area contributed by atoms with Crippen LogP contribution in [0.4, 0.5) is 4.79 Å². The second-order valence-electron chi connectivity index (χ2n) is 4.83. The van der Waals surface area contributed by atoms with Gasteiger partial charge in [0.05, 0.1) is 0 Å². The molecule has 0 aromatic rings. The summed E-state index contributed by atoms with van der Waals surface area (Å²) in [5, 5.41) is 3.50. The summed E-state index contributed by atoms with van der Waals surface area (Å²) in [6, 6.07) is 0.776. The molecule has 2 amide bonds. The Kier molecular flexibility index (Phi) is 5.75. The molecule has 0 spiro atoms. The van der Waals surface area contributed by atoms with Gasteiger partial charge in [0, 0.05) is 32.2 Å². The largest absolute Gasteiger partial charge is 0.325 e. The highest BCUT2D eigenvalue weighted by atomic mass is 16.2. The van der Waals surface area contributed by atoms with Crippen LogP contribution in [0, 0.1) is 5.92 Å². The number of carbonyl (C=O) groups excluding carboxylic acids is 1. The van der Waals surface area contributed by atoms with E-state index in [0.717, 1.165) is 39.1 Å². The molecule has 1 heterocycles. The highest BCUT2D eigenvalue weighted by molar-refractivity contribution is 5.74. The van der Waals surface area contributed by atoms with Crippen molar-refractivity contribution in [3.8, 4) is 0 Å². The molecule has 1 fully saturated rings. The molecular weight excluding hydrogens is 214 g/mol. The van der Waals surface area contributed by atoms with Gasteiger partial charge in [0.15, 0.2) is 0 Å². The smallest absolute Gasteiger partial charge is 0.319 e. The number of carbonyl (C=O) groups is 1. The summed E-state index contributed by atoms with van der Waals surface area (Å²) < 4.78 is 0. The summed E-state index contributed by atoms with van der Waals surface area (Å²) >= 11 is 0. The van der Waals surface area contributed by atoms with E-state index in [-0.39, 0.29) is 6.03 Å². The van der Waals surface area contributed by atoms with Crippen molar-refractivity contribution in [2.75, 3.05) is 32.7 Å². The lowest BCUT2D eigenvalue weighted by atomic mass is 9.94. The average Bonchev–Trinajstić information content (AvgIpc) is 2.33. The fourth-order valence-electron chi connectivity index (χ4n) is 2.58. The van der Waals surface area contributed by atoms with Crippen LogP contribution in [0.2, 0.25) is 0 Å². The first-order chi connectivity index (χ1) is 8.13. The summed E-state index contributed by atoms with van der Waals surface area (Å²) in [5.41, 5.74) is 0. The minimum Gasteiger partial charge on any atom is -0.325 e. The molecule has 0 aromatic carbocycles. The van der Waals surface area contributed by atoms with E-state index < -0.39 is 0 Å². The maximum Gasteiger partial charge on any atom is 0.319 e. The zero-order valence-electron chi connectivity index (χ0n) is 11.7. The molecule has 4 heteroatoms. The Morgan fingerprint density at radius 1 is 1.35 bits per heavy atom. The van der Waals surface area contributed by atoms with Gasteiger partial charge in [-0.15, -0.1) is 0 Å². The van der Waals surface area contributed by atoms with Crippen LogP contribution in [0.5, 0.6) is 0 Å². The second kappa shape index (κ2) is 6.84. The highest BCUT2D eigenvalue weighted by Gasteiger charge is 2.29. The van der Waals surface area contributed by atoms with Gasteiger partial charge in [0.2, 0.25) is 0 Å². The van der Waals surface area contributed by atoms with Crippen LogP contribution >= 0.6 is 0 Å². The lowest BCUT2D eigenvalue weighted by Gasteiger charge is -2.39. The molecule has 1 N–H and O–H groups in total. The molecule has 2 unspecified atom stereocenters. The number of nitrogens with one attached hydrogen (secondary N) is 1. The van der Waals surface area contributed by atoms with Crippen molar-refractivity contribution < 1.29 is 4.79 Å². The Hall–Kier alpha value is -0.770. The van der Waals surface area contributed by atoms with E-state index in [0.29, 0.717) is 12.0 Å². The lowest BCUT2D eigenvalue weighted by Crippen LogP contribution is -2.53. The number of nitrogens with zero attached hydrogens (tertiary/aromatic N) is 2. The first kappa shape index (κ1) is 14.3. The predicted molar refractivity (Wildman–Crippen MR) is 71.1 cm³/mol. The van der Waals surface area contributed by atoms with E-state index >= 15 is 0 Å². The van der Waals surface area contributed by atoms with Crippen LogP contribution in [0.25, 0.3) is 0 Å². The highest BCUT2D eigenvalue weighted by Crippen LogP contribution is 2.18. The third-order valence-electron chi connectivity index (χ3n) is 3.68. The van der Waals surface area contributed by atoms with Crippen LogP contribution in [-0.2, 0) is 0 Å². The molecule has 1 rings (SSSR count). The molecule has 1 saturated heterocycles. The average molecular weight is 241 g/mol. The Morgan fingerprint density at radius 3 is 2.47 bits per heavy atom. The van der Waals surface area contributed by atoms with Gasteiger partial charge in [0.1, 0.15) is 0 Å². The molecule has 17 heavy (non-hydrogen) atoms. The summed E-state index contributed by atoms with van der Waals surface area (Å²) in [4.78, 5) is 16.1. The van der Waals surface area contributed by atoms with Gasteiger partial charge in [0.25, 0.3) is 0 Å². The number of hydrogen-bond donors (Lipinski definition) is 1. The zero-order valence-corrected chi connectivity index (χ0v) is 11.7. The summed E-state index contributed by atoms with van der Waals surface area (Å²) in [7, 11) is 0. The third-order valence-corrected chi connectivity index (χ3v) is 3.68. The van der Waals surface area contributed by atoms with Crippen molar-refractivity contribution in [1.29, 1.82) is 0 Å². The van der Waals surface area contributed by atoms with E-state index in [2.05, 4.69) is 19.2 Å². The van der Waals surface area contributed by atoms with Crippen LogP contribution < -0.4 is 5.32 Å². The molecule has 0 radical (unpaired) electrons. The summed E-state index contributed by atoms with van der Waals surface area (Å²) in [6.07, 6.45) is 1.07. The molecule has 100 valence electrons. The Morgan fingerprint density at radius 2 is 2.00 bits per heavy atom. The van der Waals surface area contributed by atoms with E-state index in [4.69, 9.17) is 0 Å². The second-order valence-corrected chi connectivity index (χ2v) is 4.83. The van der Waals surface area contributed by atoms with Crippen LogP contribution in [0.15, 0.2) is 0 Å². The van der Waals surface area contributed by atoms with Gasteiger partial charge in [-0.3, -0.25) is 0 Å². The van der Waals surface area contributed by atoms with Crippen molar-refractivity contribution >= 4 is 6.03 Å². The van der Waals surface area contributed by atoms with Gasteiger partial charge in [-0.1, -0.05) is 13.8 Å². The predicted octanol–water partition coefficient (Wildman–Crippen LogP) is 1.77. The summed E-state index contributed by atoms with van der Waals surface area (Å²) in [6.45, 7) is 12.8. The van der Waals surface area contributed by atoms with Gasteiger partial charge in [-0.2, -0.15) is 0 Å². The topological polar surface area (TPSA) is 35.6 Å². The van der Waals surface area contributed by atoms with Crippen LogP contribution in [0.1, 0.15) is 34.1 Å². The number of amides is 2. The molecule has 0 aliphatic carbocycles. The van der Waals surface area contributed by atoms with Crippen molar-refractivity contribution in [3.05, 3.63) is 0 Å². The molecule has 0 aromatic heterocycles. The maximum atomic E-state index is 12.2. The minimum atomic E-state index is 0.205. The van der Waals surface area contributed by atoms with Gasteiger partial charge >= 0.3 is 6.03 Å². The third kappa shape index (κ3) is 3.60. The zero-order chi connectivity index (χ0) is 12.8. The standard InChI is InChI=1S/C13H27N3O/c1-5-14-12-8-9-16(10-11(12)4)13(17)15(6-2)7-3/h11-12,14H,5-10H2,1-4H3. The Balaban J connectivity index is 2.51. The quantitative estimate of drug-likeness (QED) is 0.814. The van der Waals surface area contributed by atoms with Crippen LogP contribution in [0.3, 0.4) is 0 Å². The molecular formula is C13H27N3O. The maximum absolute atomic E-state index is 12.2. The lowest BCUT2D eigenvalue weighted by molar-refractivity contribution is 0.122. The minimum absolute atomic E-state index is 0.205. The number of likely N-dealkylation sites (tertiary alicyclic amines) is 1.